The van der Waals surface area contributed by atoms with Crippen molar-refractivity contribution in [2.45, 2.75) is 13.8 Å². The van der Waals surface area contributed by atoms with Gasteiger partial charge in [-0.15, -0.1) is 0 Å². The van der Waals surface area contributed by atoms with Gasteiger partial charge in [0.15, 0.2) is 5.15 Å². The lowest BCUT2D eigenvalue weighted by Crippen LogP contribution is -1.91. The highest BCUT2D eigenvalue weighted by atomic mass is 35.5. The van der Waals surface area contributed by atoms with Crippen molar-refractivity contribution in [1.29, 1.82) is 0 Å². The third-order valence-corrected chi connectivity index (χ3v) is 4.31. The topological polar surface area (TPSA) is 50.8 Å². The molecule has 0 saturated heterocycles. The molecule has 0 fully saturated rings. The van der Waals surface area contributed by atoms with Gasteiger partial charge in [-0.25, -0.2) is 9.97 Å². The molecule has 1 aromatic carbocycles. The van der Waals surface area contributed by atoms with Crippen LogP contribution in [0.15, 0.2) is 42.7 Å². The van der Waals surface area contributed by atoms with E-state index < -0.39 is 0 Å². The number of aromatic amines is 1. The predicted octanol–water partition coefficient (Wildman–Crippen LogP) is 5.14. The van der Waals surface area contributed by atoms with Gasteiger partial charge in [0.05, 0.1) is 12.1 Å². The first-order valence-electron chi connectivity index (χ1n) is 7.83. The number of nitrogens with zero attached hydrogens (tertiary/aromatic N) is 2. The smallest absolute Gasteiger partial charge is 0.153 e. The molecule has 4 rings (SSSR count). The van der Waals surface area contributed by atoms with Gasteiger partial charge in [0.2, 0.25) is 0 Å². The number of hydrogen-bond donors (Lipinski definition) is 1. The Morgan fingerprint density at radius 3 is 2.88 bits per heavy atom. The number of rotatable bonds is 3. The van der Waals surface area contributed by atoms with Crippen LogP contribution >= 0.6 is 11.6 Å². The number of aryl methyl sites for hydroxylation is 1. The summed E-state index contributed by atoms with van der Waals surface area (Å²) in [6.45, 7) is 4.64. The van der Waals surface area contributed by atoms with E-state index in [1.807, 2.05) is 44.4 Å². The summed E-state index contributed by atoms with van der Waals surface area (Å²) in [5.41, 5.74) is 4.77. The molecule has 4 aromatic rings. The second-order valence-electron chi connectivity index (χ2n) is 5.71. The summed E-state index contributed by atoms with van der Waals surface area (Å²) in [4.78, 5) is 12.1. The van der Waals surface area contributed by atoms with Gasteiger partial charge >= 0.3 is 0 Å². The molecule has 0 unspecified atom stereocenters. The minimum Gasteiger partial charge on any atom is -0.494 e. The lowest BCUT2D eigenvalue weighted by atomic mass is 10.0. The summed E-state index contributed by atoms with van der Waals surface area (Å²) in [6, 6.07) is 10.1. The number of hydrogen-bond acceptors (Lipinski definition) is 3. The predicted molar refractivity (Wildman–Crippen MR) is 97.7 cm³/mol. The number of fused-ring (bicyclic) bond motifs is 3. The first-order valence-corrected chi connectivity index (χ1v) is 8.21. The van der Waals surface area contributed by atoms with Crippen LogP contribution < -0.4 is 4.74 Å². The molecule has 3 aromatic heterocycles. The Kier molecular flexibility index (Phi) is 3.62. The van der Waals surface area contributed by atoms with Gasteiger partial charge in [0.25, 0.3) is 0 Å². The van der Waals surface area contributed by atoms with Gasteiger partial charge in [-0.1, -0.05) is 23.7 Å². The number of ether oxygens (including phenoxy) is 1. The molecule has 24 heavy (non-hydrogen) atoms. The Balaban J connectivity index is 2.05. The molecule has 0 aliphatic heterocycles. The number of benzene rings is 1. The monoisotopic (exact) mass is 337 g/mol. The van der Waals surface area contributed by atoms with E-state index >= 15 is 0 Å². The molecule has 0 amide bonds. The molecule has 0 spiro atoms. The van der Waals surface area contributed by atoms with Crippen molar-refractivity contribution in [3.8, 4) is 16.9 Å². The average Bonchev–Trinajstić information content (AvgIpc) is 2.96. The van der Waals surface area contributed by atoms with Crippen molar-refractivity contribution < 1.29 is 4.74 Å². The molecule has 0 aliphatic rings. The fourth-order valence-corrected chi connectivity index (χ4v) is 3.19. The van der Waals surface area contributed by atoms with Crippen LogP contribution in [0.1, 0.15) is 12.5 Å². The molecule has 4 nitrogen and oxygen atoms in total. The summed E-state index contributed by atoms with van der Waals surface area (Å²) in [7, 11) is 0. The van der Waals surface area contributed by atoms with E-state index in [0.717, 1.165) is 44.4 Å². The van der Waals surface area contributed by atoms with Crippen LogP contribution in [0.25, 0.3) is 33.1 Å². The number of aromatic nitrogens is 3. The maximum atomic E-state index is 6.31. The zero-order valence-electron chi connectivity index (χ0n) is 13.4. The van der Waals surface area contributed by atoms with E-state index in [-0.39, 0.29) is 0 Å². The minimum atomic E-state index is 0.449. The zero-order chi connectivity index (χ0) is 16.7. The molecule has 0 saturated carbocycles. The van der Waals surface area contributed by atoms with Crippen molar-refractivity contribution in [2.75, 3.05) is 6.61 Å². The Morgan fingerprint density at radius 1 is 1.17 bits per heavy atom. The lowest BCUT2D eigenvalue weighted by molar-refractivity contribution is 0.340. The lowest BCUT2D eigenvalue weighted by Gasteiger charge is -2.08. The van der Waals surface area contributed by atoms with Crippen LogP contribution in [0.5, 0.6) is 5.75 Å². The molecule has 120 valence electrons. The second kappa shape index (κ2) is 5.80. The minimum absolute atomic E-state index is 0.449. The maximum absolute atomic E-state index is 6.31. The molecule has 0 bridgehead atoms. The summed E-state index contributed by atoms with van der Waals surface area (Å²) >= 11 is 6.31. The highest BCUT2D eigenvalue weighted by molar-refractivity contribution is 6.35. The van der Waals surface area contributed by atoms with E-state index in [4.69, 9.17) is 16.3 Å². The van der Waals surface area contributed by atoms with E-state index in [1.165, 1.54) is 0 Å². The quantitative estimate of drug-likeness (QED) is 0.527. The molecular formula is C19H16ClN3O. The molecule has 5 heteroatoms. The van der Waals surface area contributed by atoms with Crippen molar-refractivity contribution in [1.82, 2.24) is 15.0 Å². The Bertz CT molecular complexity index is 1060. The Hall–Kier alpha value is -2.59. The van der Waals surface area contributed by atoms with Crippen LogP contribution in [0.3, 0.4) is 0 Å². The maximum Gasteiger partial charge on any atom is 0.153 e. The standard InChI is InChI=1S/C19H16ClN3O/c1-3-24-13-6-4-5-12(8-13)15-10-21-18(20)17-16(15)14-7-11(2)9-22-19(14)23-17/h4-10H,3H2,1-2H3,(H,22,23). The fourth-order valence-electron chi connectivity index (χ4n) is 3.00. The number of pyridine rings is 2. The molecule has 0 aliphatic carbocycles. The van der Waals surface area contributed by atoms with Crippen LogP contribution in [-0.4, -0.2) is 21.6 Å². The summed E-state index contributed by atoms with van der Waals surface area (Å²) in [6.07, 6.45) is 3.65. The van der Waals surface area contributed by atoms with E-state index in [1.54, 1.807) is 0 Å². The van der Waals surface area contributed by atoms with Crippen LogP contribution in [0.4, 0.5) is 0 Å². The van der Waals surface area contributed by atoms with E-state index in [0.29, 0.717) is 11.8 Å². The first-order chi connectivity index (χ1) is 11.7. The molecule has 3 heterocycles. The number of halogens is 1. The largest absolute Gasteiger partial charge is 0.494 e. The SMILES string of the molecule is CCOc1cccc(-c2cnc(Cl)c3[nH]c4ncc(C)cc4c23)c1. The zero-order valence-corrected chi connectivity index (χ0v) is 14.2. The normalized spacial score (nSPS) is 11.3. The van der Waals surface area contributed by atoms with Crippen LogP contribution in [0, 0.1) is 6.92 Å². The molecule has 0 radical (unpaired) electrons. The molecular weight excluding hydrogens is 322 g/mol. The van der Waals surface area contributed by atoms with Crippen LogP contribution in [0.2, 0.25) is 5.15 Å². The number of nitrogens with one attached hydrogen (secondary N) is 1. The van der Waals surface area contributed by atoms with Crippen molar-refractivity contribution in [2.24, 2.45) is 0 Å². The van der Waals surface area contributed by atoms with Crippen molar-refractivity contribution in [3.05, 3.63) is 53.4 Å². The van der Waals surface area contributed by atoms with E-state index in [2.05, 4.69) is 27.1 Å². The number of H-pyrrole nitrogens is 1. The summed E-state index contributed by atoms with van der Waals surface area (Å²) in [5, 5.41) is 2.53. The average molecular weight is 338 g/mol. The summed E-state index contributed by atoms with van der Waals surface area (Å²) < 4.78 is 5.63. The van der Waals surface area contributed by atoms with Crippen molar-refractivity contribution >= 4 is 33.5 Å². The van der Waals surface area contributed by atoms with Gasteiger partial charge in [-0.05, 0) is 43.2 Å². The fraction of sp³-hybridized carbons (Fsp3) is 0.158. The van der Waals surface area contributed by atoms with Gasteiger partial charge in [-0.2, -0.15) is 0 Å². The third-order valence-electron chi connectivity index (χ3n) is 4.03. The van der Waals surface area contributed by atoms with Gasteiger partial charge in [0, 0.05) is 28.7 Å². The molecule has 0 atom stereocenters. The summed E-state index contributed by atoms with van der Waals surface area (Å²) in [5.74, 6) is 0.840. The van der Waals surface area contributed by atoms with Gasteiger partial charge in [-0.3, -0.25) is 0 Å². The Labute approximate surface area is 144 Å². The molecule has 1 N–H and O–H groups in total. The van der Waals surface area contributed by atoms with Gasteiger partial charge in [0.1, 0.15) is 11.4 Å². The third kappa shape index (κ3) is 2.39. The van der Waals surface area contributed by atoms with Crippen LogP contribution in [-0.2, 0) is 0 Å². The first kappa shape index (κ1) is 15.0. The van der Waals surface area contributed by atoms with E-state index in [9.17, 15) is 0 Å². The van der Waals surface area contributed by atoms with Crippen molar-refractivity contribution in [3.63, 3.8) is 0 Å². The second-order valence-corrected chi connectivity index (χ2v) is 6.07. The van der Waals surface area contributed by atoms with Gasteiger partial charge < -0.3 is 9.72 Å². The highest BCUT2D eigenvalue weighted by Crippen LogP contribution is 2.37. The Morgan fingerprint density at radius 2 is 2.04 bits per heavy atom. The highest BCUT2D eigenvalue weighted by Gasteiger charge is 2.15.